The van der Waals surface area contributed by atoms with Gasteiger partial charge in [-0.2, -0.15) is 0 Å². The molecule has 0 spiro atoms. The van der Waals surface area contributed by atoms with Gasteiger partial charge in [-0.15, -0.1) is 0 Å². The van der Waals surface area contributed by atoms with Gasteiger partial charge in [-0.3, -0.25) is 0 Å². The summed E-state index contributed by atoms with van der Waals surface area (Å²) >= 11 is 0. The molecule has 0 fully saturated rings. The molecule has 4 aromatic carbocycles. The summed E-state index contributed by atoms with van der Waals surface area (Å²) in [7, 11) is 0. The van der Waals surface area contributed by atoms with E-state index in [0.717, 1.165) is 12.2 Å². The van der Waals surface area contributed by atoms with Crippen LogP contribution in [0.15, 0.2) is 78.9 Å². The Morgan fingerprint density at radius 1 is 0.759 bits per heavy atom. The van der Waals surface area contributed by atoms with E-state index in [2.05, 4.69) is 80.6 Å². The number of hydrogen-bond donors (Lipinski definition) is 0. The Kier molecular flexibility index (Phi) is 5.82. The molecule has 2 unspecified atom stereocenters. The van der Waals surface area contributed by atoms with Gasteiger partial charge in [0.1, 0.15) is 5.75 Å². The zero-order valence-electron chi connectivity index (χ0n) is 17.4. The molecule has 4 rings (SSSR count). The molecule has 0 aliphatic rings. The molecular formula is C27H28O2. The number of benzene rings is 4. The average molecular weight is 385 g/mol. The van der Waals surface area contributed by atoms with Gasteiger partial charge in [-0.25, -0.2) is 0 Å². The molecule has 0 saturated heterocycles. The van der Waals surface area contributed by atoms with Crippen LogP contribution in [-0.4, -0.2) is 6.29 Å². The van der Waals surface area contributed by atoms with Crippen LogP contribution in [0, 0.1) is 0 Å². The third-order valence-corrected chi connectivity index (χ3v) is 5.71. The third-order valence-electron chi connectivity index (χ3n) is 5.71. The lowest BCUT2D eigenvalue weighted by Gasteiger charge is -2.18. The Hall–Kier alpha value is -2.84. The highest BCUT2D eigenvalue weighted by atomic mass is 16.7. The second-order valence-electron chi connectivity index (χ2n) is 7.67. The minimum absolute atomic E-state index is 0.331. The Labute approximate surface area is 173 Å². The third kappa shape index (κ3) is 4.28. The molecule has 0 aliphatic heterocycles. The lowest BCUT2D eigenvalue weighted by Crippen LogP contribution is -2.16. The molecule has 0 aromatic heterocycles. The van der Waals surface area contributed by atoms with E-state index in [0.29, 0.717) is 12.5 Å². The van der Waals surface area contributed by atoms with Gasteiger partial charge in [0.25, 0.3) is 0 Å². The van der Waals surface area contributed by atoms with Gasteiger partial charge in [0.05, 0.1) is 6.61 Å². The predicted octanol–water partition coefficient (Wildman–Crippen LogP) is 7.45. The first kappa shape index (κ1) is 19.5. The monoisotopic (exact) mass is 384 g/mol. The topological polar surface area (TPSA) is 18.5 Å². The lowest BCUT2D eigenvalue weighted by atomic mass is 9.97. The fourth-order valence-corrected chi connectivity index (χ4v) is 3.80. The van der Waals surface area contributed by atoms with E-state index < -0.39 is 0 Å². The summed E-state index contributed by atoms with van der Waals surface area (Å²) < 4.78 is 12.1. The van der Waals surface area contributed by atoms with E-state index in [9.17, 15) is 0 Å². The second-order valence-corrected chi connectivity index (χ2v) is 7.67. The van der Waals surface area contributed by atoms with Crippen molar-refractivity contribution >= 4 is 21.5 Å². The Morgan fingerprint density at radius 3 is 1.93 bits per heavy atom. The predicted molar refractivity (Wildman–Crippen MR) is 121 cm³/mol. The molecule has 0 amide bonds. The van der Waals surface area contributed by atoms with Gasteiger partial charge < -0.3 is 9.47 Å². The van der Waals surface area contributed by atoms with Crippen molar-refractivity contribution in [3.05, 3.63) is 90.0 Å². The standard InChI is InChI=1S/C27H28O2/c1-4-19(2)21-13-15-24(16-14-21)29-20(3)28-18-27-25-11-7-5-9-22(25)17-23-10-6-8-12-26(23)27/h5-17,19-20H,4,18H2,1-3H3. The first-order valence-corrected chi connectivity index (χ1v) is 10.4. The summed E-state index contributed by atoms with van der Waals surface area (Å²) in [4.78, 5) is 0. The van der Waals surface area contributed by atoms with Gasteiger partial charge in [0, 0.05) is 0 Å². The van der Waals surface area contributed by atoms with Crippen molar-refractivity contribution < 1.29 is 9.47 Å². The zero-order chi connectivity index (χ0) is 20.2. The second kappa shape index (κ2) is 8.67. The SMILES string of the molecule is CCC(C)c1ccc(OC(C)OCc2c3ccccc3cc3ccccc23)cc1. The van der Waals surface area contributed by atoms with Crippen LogP contribution in [0.4, 0.5) is 0 Å². The van der Waals surface area contributed by atoms with Crippen molar-refractivity contribution in [2.24, 2.45) is 0 Å². The van der Waals surface area contributed by atoms with Crippen LogP contribution in [0.3, 0.4) is 0 Å². The number of rotatable bonds is 7. The van der Waals surface area contributed by atoms with Gasteiger partial charge >= 0.3 is 0 Å². The maximum absolute atomic E-state index is 6.12. The summed E-state index contributed by atoms with van der Waals surface area (Å²) in [5, 5.41) is 4.94. The largest absolute Gasteiger partial charge is 0.465 e. The van der Waals surface area contributed by atoms with E-state index >= 15 is 0 Å². The quantitative estimate of drug-likeness (QED) is 0.243. The number of ether oxygens (including phenoxy) is 2. The molecule has 0 bridgehead atoms. The molecule has 2 atom stereocenters. The molecule has 2 nitrogen and oxygen atoms in total. The molecule has 0 saturated carbocycles. The van der Waals surface area contributed by atoms with Crippen LogP contribution in [0.5, 0.6) is 5.75 Å². The van der Waals surface area contributed by atoms with Crippen LogP contribution in [0.25, 0.3) is 21.5 Å². The summed E-state index contributed by atoms with van der Waals surface area (Å²) in [6.45, 7) is 6.92. The molecule has 2 heteroatoms. The van der Waals surface area contributed by atoms with Crippen LogP contribution in [-0.2, 0) is 11.3 Å². The molecule has 0 aliphatic carbocycles. The molecule has 0 heterocycles. The molecule has 0 N–H and O–H groups in total. The normalized spacial score (nSPS) is 13.5. The van der Waals surface area contributed by atoms with Gasteiger partial charge in [-0.1, -0.05) is 74.5 Å². The van der Waals surface area contributed by atoms with Gasteiger partial charge in [0.15, 0.2) is 6.29 Å². The van der Waals surface area contributed by atoms with E-state index in [-0.39, 0.29) is 6.29 Å². The van der Waals surface area contributed by atoms with Crippen LogP contribution in [0.1, 0.15) is 44.2 Å². The van der Waals surface area contributed by atoms with E-state index in [1.165, 1.54) is 32.7 Å². The molecule has 29 heavy (non-hydrogen) atoms. The molecule has 0 radical (unpaired) electrons. The first-order valence-electron chi connectivity index (χ1n) is 10.4. The smallest absolute Gasteiger partial charge is 0.197 e. The van der Waals surface area contributed by atoms with Crippen LogP contribution in [0.2, 0.25) is 0 Å². The summed E-state index contributed by atoms with van der Waals surface area (Å²) in [6, 6.07) is 27.6. The molecule has 4 aromatic rings. The lowest BCUT2D eigenvalue weighted by molar-refractivity contribution is -0.0752. The van der Waals surface area contributed by atoms with Crippen molar-refractivity contribution in [2.75, 3.05) is 0 Å². The zero-order valence-corrected chi connectivity index (χ0v) is 17.4. The first-order chi connectivity index (χ1) is 14.2. The highest BCUT2D eigenvalue weighted by Crippen LogP contribution is 2.29. The van der Waals surface area contributed by atoms with Crippen molar-refractivity contribution in [1.82, 2.24) is 0 Å². The van der Waals surface area contributed by atoms with Crippen molar-refractivity contribution in [2.45, 2.75) is 46.0 Å². The number of hydrogen-bond acceptors (Lipinski definition) is 2. The fraction of sp³-hybridized carbons (Fsp3) is 0.259. The molecular weight excluding hydrogens is 356 g/mol. The Bertz CT molecular complexity index is 1040. The highest BCUT2D eigenvalue weighted by Gasteiger charge is 2.11. The van der Waals surface area contributed by atoms with Crippen LogP contribution < -0.4 is 4.74 Å². The van der Waals surface area contributed by atoms with E-state index in [4.69, 9.17) is 9.47 Å². The summed E-state index contributed by atoms with van der Waals surface area (Å²) in [5.41, 5.74) is 2.55. The van der Waals surface area contributed by atoms with E-state index in [1.807, 2.05) is 19.1 Å². The van der Waals surface area contributed by atoms with E-state index in [1.54, 1.807) is 0 Å². The van der Waals surface area contributed by atoms with Crippen molar-refractivity contribution in [3.8, 4) is 5.75 Å². The van der Waals surface area contributed by atoms with Crippen LogP contribution >= 0.6 is 0 Å². The number of fused-ring (bicyclic) bond motifs is 2. The van der Waals surface area contributed by atoms with Crippen molar-refractivity contribution in [1.29, 1.82) is 0 Å². The van der Waals surface area contributed by atoms with Gasteiger partial charge in [-0.05, 0) is 70.1 Å². The maximum atomic E-state index is 6.12. The highest BCUT2D eigenvalue weighted by molar-refractivity contribution is 6.02. The Morgan fingerprint density at radius 2 is 1.34 bits per heavy atom. The average Bonchev–Trinajstić information content (AvgIpc) is 2.76. The maximum Gasteiger partial charge on any atom is 0.197 e. The minimum atomic E-state index is -0.331. The minimum Gasteiger partial charge on any atom is -0.465 e. The molecule has 148 valence electrons. The fourth-order valence-electron chi connectivity index (χ4n) is 3.80. The Balaban J connectivity index is 1.51. The van der Waals surface area contributed by atoms with Crippen molar-refractivity contribution in [3.63, 3.8) is 0 Å². The summed E-state index contributed by atoms with van der Waals surface area (Å²) in [6.07, 6.45) is 0.806. The summed E-state index contributed by atoms with van der Waals surface area (Å²) in [5.74, 6) is 1.41. The van der Waals surface area contributed by atoms with Gasteiger partial charge in [0.2, 0.25) is 0 Å².